The summed E-state index contributed by atoms with van der Waals surface area (Å²) in [7, 11) is -3.76. The molecule has 3 aromatic carbocycles. The van der Waals surface area contributed by atoms with Crippen LogP contribution in [-0.4, -0.2) is 45.2 Å². The molecule has 0 amide bonds. The van der Waals surface area contributed by atoms with Crippen molar-refractivity contribution < 1.29 is 22.6 Å². The molecule has 8 heteroatoms. The van der Waals surface area contributed by atoms with Gasteiger partial charge in [-0.3, -0.25) is 0 Å². The Kier molecular flexibility index (Phi) is 6.53. The van der Waals surface area contributed by atoms with Gasteiger partial charge in [0.05, 0.1) is 18.1 Å². The van der Waals surface area contributed by atoms with Crippen LogP contribution < -0.4 is 9.47 Å². The lowest BCUT2D eigenvalue weighted by Crippen LogP contribution is -2.32. The van der Waals surface area contributed by atoms with Crippen LogP contribution in [0.4, 0.5) is 0 Å². The largest absolute Gasteiger partial charge is 0.488 e. The highest BCUT2D eigenvalue weighted by Crippen LogP contribution is 2.41. The molecule has 1 atom stereocenters. The van der Waals surface area contributed by atoms with Gasteiger partial charge in [0.2, 0.25) is 10.0 Å². The highest BCUT2D eigenvalue weighted by atomic mass is 35.5. The number of aryl methyl sites for hydroxylation is 1. The fraction of sp³-hybridized carbons (Fsp3) is 0.308. The summed E-state index contributed by atoms with van der Waals surface area (Å²) in [5.74, 6) is 1.21. The van der Waals surface area contributed by atoms with Crippen molar-refractivity contribution in [3.8, 4) is 22.6 Å². The van der Waals surface area contributed by atoms with Gasteiger partial charge in [0.1, 0.15) is 12.7 Å². The minimum absolute atomic E-state index is 0.0608. The van der Waals surface area contributed by atoms with E-state index in [2.05, 4.69) is 19.1 Å². The van der Waals surface area contributed by atoms with Crippen molar-refractivity contribution in [1.29, 1.82) is 0 Å². The van der Waals surface area contributed by atoms with Crippen LogP contribution in [0.5, 0.6) is 11.5 Å². The lowest BCUT2D eigenvalue weighted by molar-refractivity contribution is 0.137. The maximum absolute atomic E-state index is 13.4. The average molecular weight is 500 g/mol. The molecule has 0 bridgehead atoms. The van der Waals surface area contributed by atoms with E-state index in [9.17, 15) is 8.42 Å². The van der Waals surface area contributed by atoms with Crippen LogP contribution in [-0.2, 0) is 21.3 Å². The normalized spacial score (nSPS) is 18.7. The molecule has 0 radical (unpaired) electrons. The quantitative estimate of drug-likeness (QED) is 0.490. The molecule has 0 aromatic heterocycles. The number of nitrogens with zero attached hydrogens (tertiary/aromatic N) is 1. The van der Waals surface area contributed by atoms with E-state index in [1.807, 2.05) is 24.3 Å². The Labute approximate surface area is 205 Å². The molecule has 2 aliphatic heterocycles. The Bertz CT molecular complexity index is 1300. The molecule has 5 rings (SSSR count). The number of ether oxygens (including phenoxy) is 3. The molecule has 3 aromatic rings. The average Bonchev–Trinajstić information content (AvgIpc) is 3.22. The van der Waals surface area contributed by atoms with Crippen molar-refractivity contribution in [2.45, 2.75) is 30.9 Å². The topological polar surface area (TPSA) is 65.1 Å². The first-order valence-electron chi connectivity index (χ1n) is 11.3. The summed E-state index contributed by atoms with van der Waals surface area (Å²) in [6, 6.07) is 18.4. The van der Waals surface area contributed by atoms with Gasteiger partial charge in [-0.25, -0.2) is 8.42 Å². The van der Waals surface area contributed by atoms with E-state index < -0.39 is 10.0 Å². The molecule has 0 N–H and O–H groups in total. The van der Waals surface area contributed by atoms with Crippen LogP contribution in [0.1, 0.15) is 17.5 Å². The fourth-order valence-corrected chi connectivity index (χ4v) is 6.07. The van der Waals surface area contributed by atoms with Gasteiger partial charge >= 0.3 is 0 Å². The Balaban J connectivity index is 1.57. The number of hydrogen-bond donors (Lipinski definition) is 0. The van der Waals surface area contributed by atoms with E-state index >= 15 is 0 Å². The van der Waals surface area contributed by atoms with Gasteiger partial charge in [0.15, 0.2) is 11.5 Å². The first-order chi connectivity index (χ1) is 16.4. The summed E-state index contributed by atoms with van der Waals surface area (Å²) in [4.78, 5) is 0.165. The van der Waals surface area contributed by atoms with E-state index in [1.54, 1.807) is 18.2 Å². The number of halogens is 1. The van der Waals surface area contributed by atoms with E-state index in [4.69, 9.17) is 25.8 Å². The molecule has 178 valence electrons. The molecule has 2 aliphatic rings. The fourth-order valence-electron chi connectivity index (χ4n) is 4.37. The third kappa shape index (κ3) is 4.66. The van der Waals surface area contributed by atoms with E-state index in [-0.39, 0.29) is 30.7 Å². The first kappa shape index (κ1) is 23.2. The standard InChI is InChI=1S/C26H26ClNO5S/c1-18-5-2-3-8-24(18)19-13-20-16-28(34(29,30)23-7-4-6-21(27)15-23)10-12-32-26(20)25(14-19)33-22-9-11-31-17-22/h2-8,13-15,22H,9-12,16-17H2,1H3/t22-/m1/s1. The smallest absolute Gasteiger partial charge is 0.243 e. The van der Waals surface area contributed by atoms with Crippen LogP contribution in [0.25, 0.3) is 11.1 Å². The van der Waals surface area contributed by atoms with Crippen molar-refractivity contribution in [2.24, 2.45) is 0 Å². The third-order valence-corrected chi connectivity index (χ3v) is 8.21. The number of rotatable bonds is 5. The molecule has 2 heterocycles. The Morgan fingerprint density at radius 2 is 1.91 bits per heavy atom. The predicted octanol–water partition coefficient (Wildman–Crippen LogP) is 5.07. The van der Waals surface area contributed by atoms with Crippen LogP contribution in [0.3, 0.4) is 0 Å². The Morgan fingerprint density at radius 1 is 1.06 bits per heavy atom. The molecular weight excluding hydrogens is 474 g/mol. The van der Waals surface area contributed by atoms with Crippen LogP contribution in [0.15, 0.2) is 65.6 Å². The van der Waals surface area contributed by atoms with Gasteiger partial charge in [-0.05, 0) is 53.9 Å². The Morgan fingerprint density at radius 3 is 2.68 bits per heavy atom. The molecular formula is C26H26ClNO5S. The maximum Gasteiger partial charge on any atom is 0.243 e. The van der Waals surface area contributed by atoms with Gasteiger partial charge in [-0.1, -0.05) is 41.9 Å². The van der Waals surface area contributed by atoms with Crippen molar-refractivity contribution in [1.82, 2.24) is 4.31 Å². The summed E-state index contributed by atoms with van der Waals surface area (Å²) in [5, 5.41) is 0.379. The molecule has 0 saturated carbocycles. The summed E-state index contributed by atoms with van der Waals surface area (Å²) >= 11 is 6.07. The van der Waals surface area contributed by atoms with Gasteiger partial charge in [0.25, 0.3) is 0 Å². The van der Waals surface area contributed by atoms with Crippen LogP contribution in [0.2, 0.25) is 5.02 Å². The molecule has 0 aliphatic carbocycles. The zero-order valence-electron chi connectivity index (χ0n) is 18.9. The van der Waals surface area contributed by atoms with Crippen LogP contribution in [0, 0.1) is 6.92 Å². The molecule has 1 fully saturated rings. The van der Waals surface area contributed by atoms with Gasteiger partial charge < -0.3 is 14.2 Å². The summed E-state index contributed by atoms with van der Waals surface area (Å²) < 4.78 is 46.2. The number of sulfonamides is 1. The second-order valence-electron chi connectivity index (χ2n) is 8.53. The molecule has 6 nitrogen and oxygen atoms in total. The van der Waals surface area contributed by atoms with Gasteiger partial charge in [0, 0.05) is 30.1 Å². The highest BCUT2D eigenvalue weighted by molar-refractivity contribution is 7.89. The highest BCUT2D eigenvalue weighted by Gasteiger charge is 2.30. The van der Waals surface area contributed by atoms with Gasteiger partial charge in [-0.15, -0.1) is 0 Å². The SMILES string of the molecule is Cc1ccccc1-c1cc2c(c(O[C@@H]3CCOC3)c1)OCCN(S(=O)(=O)c1cccc(Cl)c1)C2. The number of benzene rings is 3. The van der Waals surface area contributed by atoms with E-state index in [0.717, 1.165) is 28.7 Å². The molecule has 34 heavy (non-hydrogen) atoms. The minimum atomic E-state index is -3.76. The molecule has 0 unspecified atom stereocenters. The van der Waals surface area contributed by atoms with Gasteiger partial charge in [-0.2, -0.15) is 4.31 Å². The molecule has 0 spiro atoms. The first-order valence-corrected chi connectivity index (χ1v) is 13.1. The van der Waals surface area contributed by atoms with Crippen molar-refractivity contribution in [2.75, 3.05) is 26.4 Å². The predicted molar refractivity (Wildman–Crippen MR) is 131 cm³/mol. The second-order valence-corrected chi connectivity index (χ2v) is 10.9. The van der Waals surface area contributed by atoms with Crippen molar-refractivity contribution in [3.63, 3.8) is 0 Å². The number of hydrogen-bond acceptors (Lipinski definition) is 5. The summed E-state index contributed by atoms with van der Waals surface area (Å²) in [6.45, 7) is 3.85. The Hall–Kier alpha value is -2.58. The van der Waals surface area contributed by atoms with Crippen molar-refractivity contribution in [3.05, 3.63) is 76.8 Å². The van der Waals surface area contributed by atoms with Crippen LogP contribution >= 0.6 is 11.6 Å². The third-order valence-electron chi connectivity index (χ3n) is 6.14. The summed E-state index contributed by atoms with van der Waals surface area (Å²) in [6.07, 6.45) is 0.743. The zero-order chi connectivity index (χ0) is 23.7. The second kappa shape index (κ2) is 9.58. The number of fused-ring (bicyclic) bond motifs is 1. The van der Waals surface area contributed by atoms with E-state index in [0.29, 0.717) is 29.7 Å². The monoisotopic (exact) mass is 499 g/mol. The lowest BCUT2D eigenvalue weighted by Gasteiger charge is -2.21. The minimum Gasteiger partial charge on any atom is -0.488 e. The maximum atomic E-state index is 13.4. The van der Waals surface area contributed by atoms with E-state index in [1.165, 1.54) is 10.4 Å². The molecule has 1 saturated heterocycles. The lowest BCUT2D eigenvalue weighted by atomic mass is 9.98. The zero-order valence-corrected chi connectivity index (χ0v) is 20.4. The summed E-state index contributed by atoms with van der Waals surface area (Å²) in [5.41, 5.74) is 3.90. The van der Waals surface area contributed by atoms with Crippen molar-refractivity contribution >= 4 is 21.6 Å².